The van der Waals surface area contributed by atoms with Gasteiger partial charge in [0.1, 0.15) is 0 Å². The molecule has 114 valence electrons. The molecule has 3 unspecified atom stereocenters. The number of aromatic nitrogens is 3. The molecule has 0 amide bonds. The molecule has 20 heavy (non-hydrogen) atoms. The van der Waals surface area contributed by atoms with Crippen LogP contribution in [0.15, 0.2) is 6.20 Å². The monoisotopic (exact) mass is 278 g/mol. The number of hydrogen-bond acceptors (Lipinski definition) is 3. The summed E-state index contributed by atoms with van der Waals surface area (Å²) in [4.78, 5) is 0. The molecule has 0 aliphatic heterocycles. The van der Waals surface area contributed by atoms with E-state index in [0.717, 1.165) is 18.4 Å². The SMILES string of the molecule is CC(C)NCC1CCC(C(C)C)CC1c1cnnn1C. The summed E-state index contributed by atoms with van der Waals surface area (Å²) < 4.78 is 1.97. The Labute approximate surface area is 123 Å². The molecule has 1 aromatic rings. The molecule has 1 heterocycles. The van der Waals surface area contributed by atoms with Gasteiger partial charge in [0.2, 0.25) is 0 Å². The summed E-state index contributed by atoms with van der Waals surface area (Å²) >= 11 is 0. The maximum atomic E-state index is 4.14. The molecular formula is C16H30N4. The fourth-order valence-electron chi connectivity index (χ4n) is 3.50. The van der Waals surface area contributed by atoms with E-state index in [-0.39, 0.29) is 0 Å². The summed E-state index contributed by atoms with van der Waals surface area (Å²) in [6.07, 6.45) is 5.93. The fraction of sp³-hybridized carbons (Fsp3) is 0.875. The highest BCUT2D eigenvalue weighted by molar-refractivity contribution is 5.08. The Bertz CT molecular complexity index is 410. The topological polar surface area (TPSA) is 42.7 Å². The van der Waals surface area contributed by atoms with Gasteiger partial charge in [0.25, 0.3) is 0 Å². The van der Waals surface area contributed by atoms with Crippen molar-refractivity contribution in [3.63, 3.8) is 0 Å². The lowest BCUT2D eigenvalue weighted by Crippen LogP contribution is -2.36. The number of hydrogen-bond donors (Lipinski definition) is 1. The third-order valence-corrected chi connectivity index (χ3v) is 4.89. The largest absolute Gasteiger partial charge is 0.314 e. The highest BCUT2D eigenvalue weighted by Crippen LogP contribution is 2.42. The van der Waals surface area contributed by atoms with Gasteiger partial charge in [-0.2, -0.15) is 0 Å². The van der Waals surface area contributed by atoms with Gasteiger partial charge in [-0.25, -0.2) is 0 Å². The molecule has 1 aromatic heterocycles. The molecule has 0 aromatic carbocycles. The van der Waals surface area contributed by atoms with Crippen LogP contribution < -0.4 is 5.32 Å². The second-order valence-electron chi connectivity index (χ2n) is 7.03. The maximum absolute atomic E-state index is 4.14. The average molecular weight is 278 g/mol. The van der Waals surface area contributed by atoms with E-state index < -0.39 is 0 Å². The summed E-state index contributed by atoms with van der Waals surface area (Å²) in [6.45, 7) is 10.3. The van der Waals surface area contributed by atoms with E-state index >= 15 is 0 Å². The van der Waals surface area contributed by atoms with Crippen molar-refractivity contribution in [3.05, 3.63) is 11.9 Å². The van der Waals surface area contributed by atoms with Crippen molar-refractivity contribution in [1.82, 2.24) is 20.3 Å². The lowest BCUT2D eigenvalue weighted by atomic mass is 9.69. The van der Waals surface area contributed by atoms with Gasteiger partial charge in [-0.05, 0) is 43.6 Å². The first-order valence-corrected chi connectivity index (χ1v) is 8.07. The minimum absolute atomic E-state index is 0.558. The van der Waals surface area contributed by atoms with Crippen LogP contribution in [0.4, 0.5) is 0 Å². The Kier molecular flexibility index (Phi) is 5.19. The second kappa shape index (κ2) is 6.70. The van der Waals surface area contributed by atoms with Gasteiger partial charge in [0, 0.05) is 19.0 Å². The highest BCUT2D eigenvalue weighted by atomic mass is 15.4. The van der Waals surface area contributed by atoms with Crippen molar-refractivity contribution in [2.75, 3.05) is 6.54 Å². The van der Waals surface area contributed by atoms with Crippen LogP contribution in [0.1, 0.15) is 58.6 Å². The van der Waals surface area contributed by atoms with Crippen LogP contribution in [0.3, 0.4) is 0 Å². The summed E-state index contributed by atoms with van der Waals surface area (Å²) in [5.41, 5.74) is 1.31. The molecule has 1 aliphatic rings. The quantitative estimate of drug-likeness (QED) is 0.900. The molecule has 0 saturated heterocycles. The normalized spacial score (nSPS) is 27.4. The molecule has 0 bridgehead atoms. The molecule has 4 heteroatoms. The molecule has 1 N–H and O–H groups in total. The molecule has 4 nitrogen and oxygen atoms in total. The first-order chi connectivity index (χ1) is 9.49. The Balaban J connectivity index is 2.12. The Morgan fingerprint density at radius 1 is 1.30 bits per heavy atom. The van der Waals surface area contributed by atoms with Crippen molar-refractivity contribution in [2.45, 2.75) is 58.9 Å². The number of nitrogens with one attached hydrogen (secondary N) is 1. The van der Waals surface area contributed by atoms with E-state index in [9.17, 15) is 0 Å². The summed E-state index contributed by atoms with van der Waals surface area (Å²) in [5.74, 6) is 2.93. The zero-order valence-electron chi connectivity index (χ0n) is 13.6. The van der Waals surface area contributed by atoms with E-state index in [1.165, 1.54) is 25.0 Å². The van der Waals surface area contributed by atoms with E-state index in [2.05, 4.69) is 43.3 Å². The van der Waals surface area contributed by atoms with Crippen molar-refractivity contribution < 1.29 is 0 Å². The van der Waals surface area contributed by atoms with Crippen LogP contribution in [0, 0.1) is 17.8 Å². The standard InChI is InChI=1S/C16H30N4/c1-11(2)13-6-7-14(9-17-12(3)4)15(8-13)16-10-18-19-20(16)5/h10-15,17H,6-9H2,1-5H3. The van der Waals surface area contributed by atoms with Gasteiger partial charge in [-0.15, -0.1) is 5.10 Å². The van der Waals surface area contributed by atoms with Crippen LogP contribution in [-0.4, -0.2) is 27.6 Å². The molecular weight excluding hydrogens is 248 g/mol. The van der Waals surface area contributed by atoms with E-state index in [4.69, 9.17) is 0 Å². The van der Waals surface area contributed by atoms with Crippen LogP contribution in [0.25, 0.3) is 0 Å². The Morgan fingerprint density at radius 3 is 2.60 bits per heavy atom. The van der Waals surface area contributed by atoms with Crippen molar-refractivity contribution in [2.24, 2.45) is 24.8 Å². The Hall–Kier alpha value is -0.900. The third kappa shape index (κ3) is 3.60. The predicted octanol–water partition coefficient (Wildman–Crippen LogP) is 2.97. The molecule has 0 spiro atoms. The molecule has 1 fully saturated rings. The van der Waals surface area contributed by atoms with E-state index in [1.807, 2.05) is 17.9 Å². The van der Waals surface area contributed by atoms with Crippen LogP contribution in [0.5, 0.6) is 0 Å². The lowest BCUT2D eigenvalue weighted by molar-refractivity contribution is 0.183. The summed E-state index contributed by atoms with van der Waals surface area (Å²) in [6, 6.07) is 0.558. The Morgan fingerprint density at radius 2 is 2.05 bits per heavy atom. The lowest BCUT2D eigenvalue weighted by Gasteiger charge is -2.38. The van der Waals surface area contributed by atoms with Crippen LogP contribution in [0.2, 0.25) is 0 Å². The van der Waals surface area contributed by atoms with Gasteiger partial charge < -0.3 is 5.32 Å². The molecule has 3 atom stereocenters. The summed E-state index contributed by atoms with van der Waals surface area (Å²) in [5, 5.41) is 11.8. The minimum atomic E-state index is 0.558. The third-order valence-electron chi connectivity index (χ3n) is 4.89. The smallest absolute Gasteiger partial charge is 0.0728 e. The van der Waals surface area contributed by atoms with Gasteiger partial charge in [0.15, 0.2) is 0 Å². The first kappa shape index (κ1) is 15.5. The van der Waals surface area contributed by atoms with Crippen molar-refractivity contribution in [3.8, 4) is 0 Å². The maximum Gasteiger partial charge on any atom is 0.0728 e. The van der Waals surface area contributed by atoms with Crippen molar-refractivity contribution in [1.29, 1.82) is 0 Å². The predicted molar refractivity (Wildman–Crippen MR) is 82.6 cm³/mol. The summed E-state index contributed by atoms with van der Waals surface area (Å²) in [7, 11) is 2.02. The minimum Gasteiger partial charge on any atom is -0.314 e. The molecule has 1 aliphatic carbocycles. The van der Waals surface area contributed by atoms with Crippen LogP contribution >= 0.6 is 0 Å². The van der Waals surface area contributed by atoms with Gasteiger partial charge >= 0.3 is 0 Å². The molecule has 0 radical (unpaired) electrons. The fourth-order valence-corrected chi connectivity index (χ4v) is 3.50. The molecule has 2 rings (SSSR count). The zero-order chi connectivity index (χ0) is 14.7. The van der Waals surface area contributed by atoms with Crippen molar-refractivity contribution >= 4 is 0 Å². The number of rotatable bonds is 5. The highest BCUT2D eigenvalue weighted by Gasteiger charge is 2.34. The van der Waals surface area contributed by atoms with E-state index in [1.54, 1.807) is 0 Å². The number of nitrogens with zero attached hydrogens (tertiary/aromatic N) is 3. The average Bonchev–Trinajstić information content (AvgIpc) is 2.82. The zero-order valence-corrected chi connectivity index (χ0v) is 13.6. The second-order valence-corrected chi connectivity index (χ2v) is 7.03. The van der Waals surface area contributed by atoms with E-state index in [0.29, 0.717) is 17.9 Å². The van der Waals surface area contributed by atoms with Crippen LogP contribution in [-0.2, 0) is 7.05 Å². The van der Waals surface area contributed by atoms with Gasteiger partial charge in [0.05, 0.1) is 11.9 Å². The molecule has 1 saturated carbocycles. The number of aryl methyl sites for hydroxylation is 1. The van der Waals surface area contributed by atoms with Gasteiger partial charge in [-0.1, -0.05) is 32.9 Å². The van der Waals surface area contributed by atoms with Gasteiger partial charge in [-0.3, -0.25) is 4.68 Å². The first-order valence-electron chi connectivity index (χ1n) is 8.07.